The van der Waals surface area contributed by atoms with Crippen molar-refractivity contribution in [1.82, 2.24) is 9.55 Å². The van der Waals surface area contributed by atoms with E-state index in [-0.39, 0.29) is 16.4 Å². The average Bonchev–Trinajstić information content (AvgIpc) is 2.63. The van der Waals surface area contributed by atoms with E-state index in [1.807, 2.05) is 26.0 Å². The van der Waals surface area contributed by atoms with Gasteiger partial charge in [-0.3, -0.25) is 9.59 Å². The maximum absolute atomic E-state index is 12.9. The number of aromatic carboxylic acids is 1. The molecule has 0 aliphatic carbocycles. The van der Waals surface area contributed by atoms with Crippen molar-refractivity contribution < 1.29 is 9.90 Å². The van der Waals surface area contributed by atoms with E-state index in [1.165, 1.54) is 12.3 Å². The van der Waals surface area contributed by atoms with Gasteiger partial charge in [-0.15, -0.1) is 0 Å². The molecule has 0 saturated carbocycles. The van der Waals surface area contributed by atoms with Gasteiger partial charge in [0.25, 0.3) is 0 Å². The Morgan fingerprint density at radius 3 is 2.54 bits per heavy atom. The second-order valence-corrected chi connectivity index (χ2v) is 6.28. The Hall–Kier alpha value is -3.41. The summed E-state index contributed by atoms with van der Waals surface area (Å²) in [7, 11) is 0. The summed E-state index contributed by atoms with van der Waals surface area (Å²) in [5, 5.41) is 10.5. The SMILES string of the molecule is CCn1cc(C(=O)O)c(=O)c2cc3c(=O)c4ccccc4[nH]c3c(C)c21. The van der Waals surface area contributed by atoms with Crippen LogP contribution in [0.25, 0.3) is 32.7 Å². The van der Waals surface area contributed by atoms with Crippen LogP contribution in [0.15, 0.2) is 46.1 Å². The fraction of sp³-hybridized carbons (Fsp3) is 0.150. The zero-order chi connectivity index (χ0) is 18.6. The number of nitrogens with one attached hydrogen (secondary N) is 1. The number of rotatable bonds is 2. The first-order valence-electron chi connectivity index (χ1n) is 8.28. The van der Waals surface area contributed by atoms with Crippen molar-refractivity contribution in [2.75, 3.05) is 0 Å². The molecule has 2 aromatic carbocycles. The van der Waals surface area contributed by atoms with Gasteiger partial charge in [0.05, 0.1) is 11.0 Å². The number of carbonyl (C=O) groups is 1. The first-order valence-corrected chi connectivity index (χ1v) is 8.28. The van der Waals surface area contributed by atoms with E-state index in [2.05, 4.69) is 4.98 Å². The van der Waals surface area contributed by atoms with Crippen molar-refractivity contribution in [3.05, 3.63) is 68.1 Å². The lowest BCUT2D eigenvalue weighted by molar-refractivity contribution is 0.0695. The van der Waals surface area contributed by atoms with Crippen LogP contribution in [-0.4, -0.2) is 20.6 Å². The van der Waals surface area contributed by atoms with Crippen molar-refractivity contribution in [2.24, 2.45) is 0 Å². The molecular weight excluding hydrogens is 332 g/mol. The first-order chi connectivity index (χ1) is 12.4. The molecule has 0 atom stereocenters. The maximum atomic E-state index is 12.9. The molecule has 2 N–H and O–H groups in total. The second kappa shape index (κ2) is 5.56. The topological polar surface area (TPSA) is 92.2 Å². The lowest BCUT2D eigenvalue weighted by Gasteiger charge is -2.15. The van der Waals surface area contributed by atoms with Crippen LogP contribution in [0.3, 0.4) is 0 Å². The largest absolute Gasteiger partial charge is 0.477 e. The molecule has 130 valence electrons. The van der Waals surface area contributed by atoms with Gasteiger partial charge in [0, 0.05) is 34.4 Å². The third-order valence-electron chi connectivity index (χ3n) is 4.85. The monoisotopic (exact) mass is 348 g/mol. The maximum Gasteiger partial charge on any atom is 0.341 e. The Kier molecular flexibility index (Phi) is 3.44. The predicted octanol–water partition coefficient (Wildman–Crippen LogP) is 3.02. The van der Waals surface area contributed by atoms with Gasteiger partial charge in [-0.2, -0.15) is 0 Å². The van der Waals surface area contributed by atoms with Gasteiger partial charge in [-0.05, 0) is 37.6 Å². The van der Waals surface area contributed by atoms with Crippen LogP contribution in [0.2, 0.25) is 0 Å². The molecule has 6 nitrogen and oxygen atoms in total. The molecule has 0 fully saturated rings. The van der Waals surface area contributed by atoms with Crippen LogP contribution in [-0.2, 0) is 6.54 Å². The van der Waals surface area contributed by atoms with Crippen LogP contribution < -0.4 is 10.9 Å². The molecule has 0 spiro atoms. The average molecular weight is 348 g/mol. The van der Waals surface area contributed by atoms with Crippen molar-refractivity contribution in [2.45, 2.75) is 20.4 Å². The van der Waals surface area contributed by atoms with Gasteiger partial charge in [0.2, 0.25) is 5.43 Å². The number of aromatic amines is 1. The molecule has 0 amide bonds. The van der Waals surface area contributed by atoms with Crippen LogP contribution in [0, 0.1) is 6.92 Å². The van der Waals surface area contributed by atoms with E-state index in [4.69, 9.17) is 0 Å². The molecule has 26 heavy (non-hydrogen) atoms. The Labute approximate surface area is 147 Å². The molecular formula is C20H16N2O4. The number of hydrogen-bond acceptors (Lipinski definition) is 3. The van der Waals surface area contributed by atoms with E-state index in [0.29, 0.717) is 28.4 Å². The number of aryl methyl sites for hydroxylation is 2. The van der Waals surface area contributed by atoms with E-state index < -0.39 is 11.4 Å². The minimum absolute atomic E-state index is 0.178. The Morgan fingerprint density at radius 2 is 1.85 bits per heavy atom. The van der Waals surface area contributed by atoms with Gasteiger partial charge >= 0.3 is 5.97 Å². The Bertz CT molecular complexity index is 1350. The summed E-state index contributed by atoms with van der Waals surface area (Å²) in [6.07, 6.45) is 1.37. The third kappa shape index (κ3) is 2.08. The summed E-state index contributed by atoms with van der Waals surface area (Å²) in [6.45, 7) is 4.21. The highest BCUT2D eigenvalue weighted by Crippen LogP contribution is 2.25. The number of aromatic nitrogens is 2. The van der Waals surface area contributed by atoms with E-state index in [1.54, 1.807) is 16.7 Å². The van der Waals surface area contributed by atoms with Gasteiger partial charge in [0.1, 0.15) is 5.56 Å². The lowest BCUT2D eigenvalue weighted by Crippen LogP contribution is -2.20. The molecule has 2 aromatic heterocycles. The molecule has 0 aliphatic heterocycles. The number of fused-ring (bicyclic) bond motifs is 3. The first kappa shape index (κ1) is 16.1. The summed E-state index contributed by atoms with van der Waals surface area (Å²) in [5.41, 5.74) is 1.72. The molecule has 4 aromatic rings. The number of nitrogens with zero attached hydrogens (tertiary/aromatic N) is 1. The molecule has 4 rings (SSSR count). The van der Waals surface area contributed by atoms with Crippen molar-refractivity contribution in [3.8, 4) is 0 Å². The lowest BCUT2D eigenvalue weighted by atomic mass is 10.0. The Balaban J connectivity index is 2.32. The molecule has 2 heterocycles. The van der Waals surface area contributed by atoms with Crippen LogP contribution in [0.1, 0.15) is 22.8 Å². The number of para-hydroxylation sites is 1. The van der Waals surface area contributed by atoms with Crippen LogP contribution in [0.5, 0.6) is 0 Å². The number of benzene rings is 2. The summed E-state index contributed by atoms with van der Waals surface area (Å²) < 4.78 is 1.74. The highest BCUT2D eigenvalue weighted by atomic mass is 16.4. The van der Waals surface area contributed by atoms with Gasteiger partial charge in [0.15, 0.2) is 5.43 Å². The fourth-order valence-electron chi connectivity index (χ4n) is 3.59. The molecule has 0 unspecified atom stereocenters. The van der Waals surface area contributed by atoms with Gasteiger partial charge in [-0.25, -0.2) is 4.79 Å². The molecule has 0 radical (unpaired) electrons. The third-order valence-corrected chi connectivity index (χ3v) is 4.85. The van der Waals surface area contributed by atoms with E-state index in [9.17, 15) is 19.5 Å². The summed E-state index contributed by atoms with van der Waals surface area (Å²) in [6, 6.07) is 8.71. The number of pyridine rings is 2. The summed E-state index contributed by atoms with van der Waals surface area (Å²) in [5.74, 6) is -1.27. The van der Waals surface area contributed by atoms with Crippen molar-refractivity contribution in [3.63, 3.8) is 0 Å². The number of hydrogen-bond donors (Lipinski definition) is 2. The number of carboxylic acids is 1. The highest BCUT2D eigenvalue weighted by molar-refractivity contribution is 6.04. The molecule has 0 saturated heterocycles. The number of H-pyrrole nitrogens is 1. The standard InChI is InChI=1S/C20H16N2O4/c1-3-22-9-14(20(25)26)19(24)13-8-12-16(10(2)17(13)22)21-15-7-5-4-6-11(15)18(12)23/h4-9H,3H2,1-2H3,(H,21,23)(H,25,26). The molecule has 0 aliphatic rings. The summed E-state index contributed by atoms with van der Waals surface area (Å²) >= 11 is 0. The smallest absolute Gasteiger partial charge is 0.341 e. The van der Waals surface area contributed by atoms with Crippen LogP contribution >= 0.6 is 0 Å². The van der Waals surface area contributed by atoms with Crippen LogP contribution in [0.4, 0.5) is 0 Å². The normalized spacial score (nSPS) is 11.5. The predicted molar refractivity (Wildman–Crippen MR) is 101 cm³/mol. The zero-order valence-corrected chi connectivity index (χ0v) is 14.3. The quantitative estimate of drug-likeness (QED) is 0.545. The fourth-order valence-corrected chi connectivity index (χ4v) is 3.59. The molecule has 6 heteroatoms. The van der Waals surface area contributed by atoms with E-state index in [0.717, 1.165) is 11.1 Å². The van der Waals surface area contributed by atoms with Crippen molar-refractivity contribution in [1.29, 1.82) is 0 Å². The molecule has 0 bridgehead atoms. The van der Waals surface area contributed by atoms with E-state index >= 15 is 0 Å². The minimum Gasteiger partial charge on any atom is -0.477 e. The van der Waals surface area contributed by atoms with Gasteiger partial charge in [-0.1, -0.05) is 12.1 Å². The zero-order valence-electron chi connectivity index (χ0n) is 14.3. The minimum atomic E-state index is -1.27. The Morgan fingerprint density at radius 1 is 1.12 bits per heavy atom. The number of carboxylic acid groups (broad SMARTS) is 1. The van der Waals surface area contributed by atoms with Gasteiger partial charge < -0.3 is 14.7 Å². The highest BCUT2D eigenvalue weighted by Gasteiger charge is 2.18. The van der Waals surface area contributed by atoms with Crippen molar-refractivity contribution >= 4 is 38.7 Å². The second-order valence-electron chi connectivity index (χ2n) is 6.28. The summed E-state index contributed by atoms with van der Waals surface area (Å²) in [4.78, 5) is 40.4.